The van der Waals surface area contributed by atoms with E-state index in [1.165, 1.54) is 39.0 Å². The summed E-state index contributed by atoms with van der Waals surface area (Å²) in [5.41, 5.74) is 0.634. The van der Waals surface area contributed by atoms with E-state index in [-0.39, 0.29) is 0 Å². The zero-order chi connectivity index (χ0) is 11.8. The standard InChI is InChI=1S/C14H28N2/c1-11-8-15-12(2)5-6-16(9-11)10-13-7-14(13,3)4/h11-13,15H,5-10H2,1-4H3. The fourth-order valence-electron chi connectivity index (χ4n) is 2.84. The summed E-state index contributed by atoms with van der Waals surface area (Å²) in [6.07, 6.45) is 2.74. The van der Waals surface area contributed by atoms with Crippen molar-refractivity contribution in [3.05, 3.63) is 0 Å². The van der Waals surface area contributed by atoms with E-state index in [0.717, 1.165) is 11.8 Å². The molecule has 0 aromatic heterocycles. The number of nitrogens with one attached hydrogen (secondary N) is 1. The summed E-state index contributed by atoms with van der Waals surface area (Å²) in [5.74, 6) is 1.76. The van der Waals surface area contributed by atoms with Crippen LogP contribution in [0.1, 0.15) is 40.5 Å². The molecule has 16 heavy (non-hydrogen) atoms. The van der Waals surface area contributed by atoms with Gasteiger partial charge in [0.05, 0.1) is 0 Å². The van der Waals surface area contributed by atoms with E-state index >= 15 is 0 Å². The molecule has 3 atom stereocenters. The number of hydrogen-bond donors (Lipinski definition) is 1. The molecule has 0 aromatic carbocycles. The van der Waals surface area contributed by atoms with Crippen LogP contribution in [0.2, 0.25) is 0 Å². The molecule has 2 nitrogen and oxygen atoms in total. The van der Waals surface area contributed by atoms with E-state index in [2.05, 4.69) is 37.9 Å². The largest absolute Gasteiger partial charge is 0.314 e. The fourth-order valence-corrected chi connectivity index (χ4v) is 2.84. The van der Waals surface area contributed by atoms with Crippen LogP contribution in [0, 0.1) is 17.3 Å². The number of nitrogens with zero attached hydrogens (tertiary/aromatic N) is 1. The average Bonchev–Trinajstić information content (AvgIpc) is 2.77. The highest BCUT2D eigenvalue weighted by atomic mass is 15.1. The second kappa shape index (κ2) is 4.66. The molecule has 94 valence electrons. The van der Waals surface area contributed by atoms with Crippen molar-refractivity contribution in [3.8, 4) is 0 Å². The Morgan fingerprint density at radius 3 is 2.62 bits per heavy atom. The Hall–Kier alpha value is -0.0800. The molecule has 0 aromatic rings. The molecule has 0 spiro atoms. The SMILES string of the molecule is CC1CNC(C)CCN(CC2CC2(C)C)C1. The van der Waals surface area contributed by atoms with Gasteiger partial charge in [0.1, 0.15) is 0 Å². The third kappa shape index (κ3) is 3.21. The predicted octanol–water partition coefficient (Wildman–Crippen LogP) is 2.35. The van der Waals surface area contributed by atoms with Gasteiger partial charge in [0.2, 0.25) is 0 Å². The second-order valence-corrected chi connectivity index (χ2v) is 6.85. The molecule has 2 aliphatic rings. The molecule has 0 bridgehead atoms. The Kier molecular flexibility index (Phi) is 3.60. The first kappa shape index (κ1) is 12.4. The molecule has 1 aliphatic heterocycles. The van der Waals surface area contributed by atoms with Crippen molar-refractivity contribution in [1.29, 1.82) is 0 Å². The zero-order valence-corrected chi connectivity index (χ0v) is 11.4. The van der Waals surface area contributed by atoms with Gasteiger partial charge in [-0.25, -0.2) is 0 Å². The van der Waals surface area contributed by atoms with Crippen LogP contribution in [0.5, 0.6) is 0 Å². The molecule has 1 aliphatic carbocycles. The molecule has 1 saturated heterocycles. The molecule has 1 N–H and O–H groups in total. The maximum absolute atomic E-state index is 3.61. The molecule has 0 radical (unpaired) electrons. The first-order valence-corrected chi connectivity index (χ1v) is 6.93. The molecule has 2 heteroatoms. The van der Waals surface area contributed by atoms with E-state index in [0.29, 0.717) is 11.5 Å². The molecule has 2 rings (SSSR count). The number of hydrogen-bond acceptors (Lipinski definition) is 2. The minimum atomic E-state index is 0.634. The lowest BCUT2D eigenvalue weighted by Gasteiger charge is -2.31. The van der Waals surface area contributed by atoms with Crippen LogP contribution in [0.15, 0.2) is 0 Å². The number of rotatable bonds is 2. The summed E-state index contributed by atoms with van der Waals surface area (Å²) >= 11 is 0. The minimum Gasteiger partial charge on any atom is -0.314 e. The Balaban J connectivity index is 1.82. The molecule has 3 unspecified atom stereocenters. The summed E-state index contributed by atoms with van der Waals surface area (Å²) in [4.78, 5) is 2.71. The molecular formula is C14H28N2. The van der Waals surface area contributed by atoms with Crippen LogP contribution in [-0.4, -0.2) is 37.1 Å². The third-order valence-corrected chi connectivity index (χ3v) is 4.46. The van der Waals surface area contributed by atoms with Crippen molar-refractivity contribution in [2.75, 3.05) is 26.2 Å². The van der Waals surface area contributed by atoms with Gasteiger partial charge in [-0.1, -0.05) is 20.8 Å². The van der Waals surface area contributed by atoms with Crippen molar-refractivity contribution in [2.45, 2.75) is 46.6 Å². The lowest BCUT2D eigenvalue weighted by Crippen LogP contribution is -2.43. The Bertz CT molecular complexity index is 237. The summed E-state index contributed by atoms with van der Waals surface area (Å²) in [6.45, 7) is 14.6. The molecule has 2 fully saturated rings. The molecular weight excluding hydrogens is 196 g/mol. The fraction of sp³-hybridized carbons (Fsp3) is 1.00. The Labute approximate surface area is 101 Å². The van der Waals surface area contributed by atoms with Gasteiger partial charge in [0.15, 0.2) is 0 Å². The van der Waals surface area contributed by atoms with E-state index in [4.69, 9.17) is 0 Å². The van der Waals surface area contributed by atoms with Gasteiger partial charge >= 0.3 is 0 Å². The van der Waals surface area contributed by atoms with Crippen molar-refractivity contribution in [3.63, 3.8) is 0 Å². The summed E-state index contributed by atoms with van der Waals surface area (Å²) in [6, 6.07) is 0.692. The van der Waals surface area contributed by atoms with Gasteiger partial charge < -0.3 is 10.2 Å². The van der Waals surface area contributed by atoms with E-state index in [9.17, 15) is 0 Å². The van der Waals surface area contributed by atoms with Crippen LogP contribution in [0.25, 0.3) is 0 Å². The van der Waals surface area contributed by atoms with E-state index in [1.807, 2.05) is 0 Å². The van der Waals surface area contributed by atoms with Crippen molar-refractivity contribution in [2.24, 2.45) is 17.3 Å². The van der Waals surface area contributed by atoms with Gasteiger partial charge in [0.25, 0.3) is 0 Å². The highest BCUT2D eigenvalue weighted by Gasteiger charge is 2.45. The minimum absolute atomic E-state index is 0.634. The van der Waals surface area contributed by atoms with Crippen molar-refractivity contribution < 1.29 is 0 Å². The predicted molar refractivity (Wildman–Crippen MR) is 69.6 cm³/mol. The van der Waals surface area contributed by atoms with E-state index < -0.39 is 0 Å². The third-order valence-electron chi connectivity index (χ3n) is 4.46. The topological polar surface area (TPSA) is 15.3 Å². The summed E-state index contributed by atoms with van der Waals surface area (Å²) in [7, 11) is 0. The highest BCUT2D eigenvalue weighted by molar-refractivity contribution is 4.97. The van der Waals surface area contributed by atoms with E-state index in [1.54, 1.807) is 0 Å². The first-order chi connectivity index (χ1) is 7.47. The molecule has 0 amide bonds. The maximum atomic E-state index is 3.61. The van der Waals surface area contributed by atoms with Crippen LogP contribution in [0.3, 0.4) is 0 Å². The van der Waals surface area contributed by atoms with Crippen molar-refractivity contribution in [1.82, 2.24) is 10.2 Å². The summed E-state index contributed by atoms with van der Waals surface area (Å²) in [5, 5.41) is 3.61. The highest BCUT2D eigenvalue weighted by Crippen LogP contribution is 2.51. The van der Waals surface area contributed by atoms with Gasteiger partial charge in [0, 0.05) is 19.1 Å². The lowest BCUT2D eigenvalue weighted by atomic mass is 10.1. The normalized spacial score (nSPS) is 40.1. The second-order valence-electron chi connectivity index (χ2n) is 6.85. The van der Waals surface area contributed by atoms with Crippen LogP contribution in [-0.2, 0) is 0 Å². The smallest absolute Gasteiger partial charge is 0.00510 e. The van der Waals surface area contributed by atoms with Crippen molar-refractivity contribution >= 4 is 0 Å². The van der Waals surface area contributed by atoms with Crippen LogP contribution < -0.4 is 5.32 Å². The first-order valence-electron chi connectivity index (χ1n) is 6.93. The molecule has 1 saturated carbocycles. The zero-order valence-electron chi connectivity index (χ0n) is 11.4. The monoisotopic (exact) mass is 224 g/mol. The molecule has 1 heterocycles. The quantitative estimate of drug-likeness (QED) is 0.774. The lowest BCUT2D eigenvalue weighted by molar-refractivity contribution is 0.188. The Morgan fingerprint density at radius 1 is 1.31 bits per heavy atom. The van der Waals surface area contributed by atoms with Gasteiger partial charge in [-0.2, -0.15) is 0 Å². The van der Waals surface area contributed by atoms with Crippen LogP contribution in [0.4, 0.5) is 0 Å². The maximum Gasteiger partial charge on any atom is 0.00510 e. The van der Waals surface area contributed by atoms with Gasteiger partial charge in [-0.05, 0) is 50.1 Å². The Morgan fingerprint density at radius 2 is 2.00 bits per heavy atom. The average molecular weight is 224 g/mol. The van der Waals surface area contributed by atoms with Gasteiger partial charge in [-0.3, -0.25) is 0 Å². The summed E-state index contributed by atoms with van der Waals surface area (Å²) < 4.78 is 0. The van der Waals surface area contributed by atoms with Crippen LogP contribution >= 0.6 is 0 Å². The van der Waals surface area contributed by atoms with Gasteiger partial charge in [-0.15, -0.1) is 0 Å².